The van der Waals surface area contributed by atoms with E-state index < -0.39 is 58.4 Å². The number of halogens is 4. The summed E-state index contributed by atoms with van der Waals surface area (Å²) >= 11 is 12.4. The van der Waals surface area contributed by atoms with Crippen LogP contribution in [0.5, 0.6) is 5.75 Å². The Morgan fingerprint density at radius 2 is 1.62 bits per heavy atom. The molecule has 3 aromatic rings. The number of nitrogens with one attached hydrogen (secondary N) is 2. The molecule has 0 bridgehead atoms. The number of ether oxygens (including phenoxy) is 5. The van der Waals surface area contributed by atoms with Gasteiger partial charge in [-0.1, -0.05) is 62.2 Å². The SMILES string of the molecule is COCCN(CCOC)C(=O)OCCOC(=O)c1ccc(NC(=O)[C@@H]2N[C@@H](CC(C)(C)C)[C@](C#N)(c3ccc(Cl)cc3F)[C@H]2c2cccc(Cl)c2F)c(OC)c1. The van der Waals surface area contributed by atoms with E-state index in [1.165, 1.54) is 74.8 Å². The van der Waals surface area contributed by atoms with Gasteiger partial charge in [-0.2, -0.15) is 5.26 Å². The summed E-state index contributed by atoms with van der Waals surface area (Å²) in [6, 6.07) is 12.5. The third-order valence-corrected chi connectivity index (χ3v) is 9.88. The fourth-order valence-electron chi connectivity index (χ4n) is 6.82. The van der Waals surface area contributed by atoms with E-state index in [2.05, 4.69) is 16.7 Å². The number of hydrogen-bond donors (Lipinski definition) is 2. The average Bonchev–Trinajstić information content (AvgIpc) is 3.47. The lowest BCUT2D eigenvalue weighted by molar-refractivity contribution is -0.118. The first-order chi connectivity index (χ1) is 26.6. The summed E-state index contributed by atoms with van der Waals surface area (Å²) in [5.74, 6) is -4.31. The lowest BCUT2D eigenvalue weighted by Crippen LogP contribution is -2.45. The molecule has 1 aliphatic rings. The summed E-state index contributed by atoms with van der Waals surface area (Å²) in [5.41, 5.74) is -2.18. The normalized spacial score (nSPS) is 19.2. The van der Waals surface area contributed by atoms with Crippen molar-refractivity contribution in [1.29, 1.82) is 5.26 Å². The number of anilines is 1. The molecular weight excluding hydrogens is 773 g/mol. The summed E-state index contributed by atoms with van der Waals surface area (Å²) in [6.07, 6.45) is -0.339. The summed E-state index contributed by atoms with van der Waals surface area (Å²) in [6.45, 7) is 6.51. The molecule has 3 aromatic carbocycles. The van der Waals surface area contributed by atoms with Gasteiger partial charge in [-0.05, 0) is 53.8 Å². The first-order valence-electron chi connectivity index (χ1n) is 17.7. The Kier molecular flexibility index (Phi) is 15.4. The molecule has 1 aliphatic heterocycles. The first-order valence-corrected chi connectivity index (χ1v) is 18.5. The molecule has 0 aliphatic carbocycles. The topological polar surface area (TPSA) is 148 Å². The number of rotatable bonds is 16. The maximum Gasteiger partial charge on any atom is 0.410 e. The molecular formula is C40H46Cl2F2N4O8. The Morgan fingerprint density at radius 3 is 2.23 bits per heavy atom. The third kappa shape index (κ3) is 10.3. The molecule has 12 nitrogen and oxygen atoms in total. The number of carbonyl (C=O) groups excluding carboxylic acids is 3. The minimum Gasteiger partial charge on any atom is -0.495 e. The monoisotopic (exact) mass is 818 g/mol. The predicted octanol–water partition coefficient (Wildman–Crippen LogP) is 7.13. The summed E-state index contributed by atoms with van der Waals surface area (Å²) in [4.78, 5) is 41.2. The molecule has 1 saturated heterocycles. The third-order valence-electron chi connectivity index (χ3n) is 9.36. The minimum atomic E-state index is -1.83. The molecule has 1 fully saturated rings. The van der Waals surface area contributed by atoms with Crippen molar-refractivity contribution in [3.8, 4) is 11.8 Å². The maximum atomic E-state index is 16.0. The van der Waals surface area contributed by atoms with Crippen molar-refractivity contribution < 1.29 is 46.8 Å². The molecule has 0 saturated carbocycles. The van der Waals surface area contributed by atoms with Crippen molar-refractivity contribution in [2.45, 2.75) is 50.6 Å². The first kappa shape index (κ1) is 44.2. The Balaban J connectivity index is 1.61. The van der Waals surface area contributed by atoms with Gasteiger partial charge in [-0.25, -0.2) is 18.4 Å². The van der Waals surface area contributed by atoms with Crippen molar-refractivity contribution >= 4 is 46.9 Å². The Morgan fingerprint density at radius 1 is 0.946 bits per heavy atom. The van der Waals surface area contributed by atoms with Crippen LogP contribution in [0.1, 0.15) is 54.6 Å². The number of methoxy groups -OCH3 is 3. The van der Waals surface area contributed by atoms with Crippen LogP contribution < -0.4 is 15.4 Å². The van der Waals surface area contributed by atoms with Gasteiger partial charge in [0.2, 0.25) is 5.91 Å². The fourth-order valence-corrected chi connectivity index (χ4v) is 7.16. The number of amides is 2. The van der Waals surface area contributed by atoms with Gasteiger partial charge in [0.05, 0.1) is 48.7 Å². The molecule has 1 heterocycles. The highest BCUT2D eigenvalue weighted by atomic mass is 35.5. The molecule has 56 heavy (non-hydrogen) atoms. The van der Waals surface area contributed by atoms with Crippen molar-refractivity contribution in [2.75, 3.05) is 66.2 Å². The number of nitrogens with zero attached hydrogens (tertiary/aromatic N) is 2. The van der Waals surface area contributed by atoms with Gasteiger partial charge in [0, 0.05) is 49.9 Å². The quantitative estimate of drug-likeness (QED) is 0.113. The van der Waals surface area contributed by atoms with Crippen LogP contribution in [0.4, 0.5) is 19.3 Å². The van der Waals surface area contributed by atoms with Gasteiger partial charge in [-0.15, -0.1) is 0 Å². The van der Waals surface area contributed by atoms with E-state index in [0.717, 1.165) is 6.07 Å². The second-order valence-corrected chi connectivity index (χ2v) is 15.2. The summed E-state index contributed by atoms with van der Waals surface area (Å²) in [5, 5.41) is 17.0. The van der Waals surface area contributed by atoms with Crippen LogP contribution in [0.3, 0.4) is 0 Å². The zero-order valence-corrected chi connectivity index (χ0v) is 33.6. The number of esters is 1. The number of nitriles is 1. The zero-order valence-electron chi connectivity index (χ0n) is 32.1. The number of carbonyl (C=O) groups is 3. The molecule has 0 unspecified atom stereocenters. The fraction of sp³-hybridized carbons (Fsp3) is 0.450. The second-order valence-electron chi connectivity index (χ2n) is 14.3. The van der Waals surface area contributed by atoms with Gasteiger partial charge >= 0.3 is 12.1 Å². The predicted molar refractivity (Wildman–Crippen MR) is 206 cm³/mol. The standard InChI is InChI=1S/C40H46Cl2F2N4O8/c1-39(2,3)22-32-40(23-45,27-12-11-25(41)21-29(27)43)33(26-8-7-9-28(42)34(26)44)35(47-32)36(49)46-30-13-10-24(20-31(30)54-6)37(50)55-18-19-56-38(51)48(14-16-52-4)15-17-53-5/h7-13,20-21,32-33,35,47H,14-19,22H2,1-6H3,(H,46,49)/t32-,33-,35+,40-/m0/s1. The molecule has 0 spiro atoms. The molecule has 16 heteroatoms. The van der Waals surface area contributed by atoms with Crippen LogP contribution in [0.2, 0.25) is 10.0 Å². The Labute approximate surface area is 335 Å². The van der Waals surface area contributed by atoms with Crippen molar-refractivity contribution in [3.63, 3.8) is 0 Å². The van der Waals surface area contributed by atoms with E-state index >= 15 is 8.78 Å². The van der Waals surface area contributed by atoms with Gasteiger partial charge < -0.3 is 39.2 Å². The van der Waals surface area contributed by atoms with Gasteiger partial charge in [0.15, 0.2) is 0 Å². The van der Waals surface area contributed by atoms with E-state index in [1.54, 1.807) is 0 Å². The molecule has 4 atom stereocenters. The Hall–Kier alpha value is -4.52. The smallest absolute Gasteiger partial charge is 0.410 e. The average molecular weight is 820 g/mol. The van der Waals surface area contributed by atoms with Gasteiger partial charge in [0.25, 0.3) is 0 Å². The minimum absolute atomic E-state index is 0.0597. The molecule has 4 rings (SSSR count). The van der Waals surface area contributed by atoms with Gasteiger partial charge in [-0.3, -0.25) is 4.79 Å². The van der Waals surface area contributed by atoms with E-state index in [4.69, 9.17) is 46.9 Å². The second kappa shape index (κ2) is 19.6. The van der Waals surface area contributed by atoms with Crippen LogP contribution in [0, 0.1) is 28.4 Å². The summed E-state index contributed by atoms with van der Waals surface area (Å²) < 4.78 is 58.1. The highest BCUT2D eigenvalue weighted by Gasteiger charge is 2.61. The summed E-state index contributed by atoms with van der Waals surface area (Å²) in [7, 11) is 4.36. The van der Waals surface area contributed by atoms with E-state index in [0.29, 0.717) is 13.2 Å². The van der Waals surface area contributed by atoms with E-state index in [9.17, 15) is 19.6 Å². The van der Waals surface area contributed by atoms with Crippen LogP contribution >= 0.6 is 23.2 Å². The highest BCUT2D eigenvalue weighted by Crippen LogP contribution is 2.53. The number of benzene rings is 3. The maximum absolute atomic E-state index is 16.0. The van der Waals surface area contributed by atoms with Crippen LogP contribution in [-0.4, -0.2) is 95.8 Å². The largest absolute Gasteiger partial charge is 0.495 e. The molecule has 2 amide bonds. The van der Waals surface area contributed by atoms with Crippen molar-refractivity contribution in [3.05, 3.63) is 93.0 Å². The molecule has 2 N–H and O–H groups in total. The lowest BCUT2D eigenvalue weighted by atomic mass is 9.62. The van der Waals surface area contributed by atoms with Crippen molar-refractivity contribution in [2.24, 2.45) is 5.41 Å². The lowest BCUT2D eigenvalue weighted by Gasteiger charge is -2.37. The van der Waals surface area contributed by atoms with Crippen molar-refractivity contribution in [1.82, 2.24) is 10.2 Å². The van der Waals surface area contributed by atoms with Crippen LogP contribution in [-0.2, 0) is 29.2 Å². The number of hydrogen-bond acceptors (Lipinski definition) is 10. The van der Waals surface area contributed by atoms with E-state index in [1.807, 2.05) is 20.8 Å². The molecule has 0 aromatic heterocycles. The van der Waals surface area contributed by atoms with E-state index in [-0.39, 0.29) is 70.9 Å². The highest BCUT2D eigenvalue weighted by molar-refractivity contribution is 6.31. The molecule has 0 radical (unpaired) electrons. The van der Waals surface area contributed by atoms with Crippen LogP contribution in [0.15, 0.2) is 54.6 Å². The Bertz CT molecular complexity index is 1920. The van der Waals surface area contributed by atoms with Crippen LogP contribution in [0.25, 0.3) is 0 Å². The zero-order chi connectivity index (χ0) is 41.2. The van der Waals surface area contributed by atoms with Gasteiger partial charge in [0.1, 0.15) is 36.0 Å². The molecule has 302 valence electrons.